The third-order valence-corrected chi connectivity index (χ3v) is 3.17. The van der Waals surface area contributed by atoms with Gasteiger partial charge in [-0.3, -0.25) is 0 Å². The smallest absolute Gasteiger partial charge is 0.335 e. The number of aromatic nitrogens is 1. The van der Waals surface area contributed by atoms with Gasteiger partial charge < -0.3 is 9.84 Å². The molecule has 0 aliphatic rings. The van der Waals surface area contributed by atoms with Gasteiger partial charge in [-0.2, -0.15) is 0 Å². The molecule has 2 aromatic rings. The first-order valence-corrected chi connectivity index (χ1v) is 6.02. The van der Waals surface area contributed by atoms with Crippen molar-refractivity contribution >= 4 is 17.7 Å². The normalized spacial score (nSPS) is 10.1. The summed E-state index contributed by atoms with van der Waals surface area (Å²) in [5, 5.41) is 9.54. The molecule has 5 heteroatoms. The Hall–Kier alpha value is -2.01. The van der Waals surface area contributed by atoms with Crippen LogP contribution in [0.5, 0.6) is 5.75 Å². The number of ether oxygens (including phenoxy) is 1. The Morgan fingerprint density at radius 3 is 2.89 bits per heavy atom. The lowest BCUT2D eigenvalue weighted by atomic mass is 10.3. The first-order chi connectivity index (χ1) is 8.69. The average molecular weight is 261 g/mol. The topological polar surface area (TPSA) is 59.4 Å². The molecule has 18 heavy (non-hydrogen) atoms. The molecule has 0 unspecified atom stereocenters. The van der Waals surface area contributed by atoms with Crippen molar-refractivity contribution in [3.63, 3.8) is 0 Å². The van der Waals surface area contributed by atoms with Crippen LogP contribution in [-0.4, -0.2) is 23.2 Å². The molecule has 0 saturated carbocycles. The fourth-order valence-electron chi connectivity index (χ4n) is 1.38. The van der Waals surface area contributed by atoms with Gasteiger partial charge in [0, 0.05) is 11.1 Å². The summed E-state index contributed by atoms with van der Waals surface area (Å²) in [5.41, 5.74) is 0.232. The molecule has 1 heterocycles. The summed E-state index contributed by atoms with van der Waals surface area (Å²) in [6.07, 6.45) is 1.49. The first-order valence-electron chi connectivity index (χ1n) is 5.20. The van der Waals surface area contributed by atoms with E-state index in [0.29, 0.717) is 5.03 Å². The van der Waals surface area contributed by atoms with E-state index in [4.69, 9.17) is 9.84 Å². The summed E-state index contributed by atoms with van der Waals surface area (Å²) in [6, 6.07) is 10.5. The number of hydrogen-bond donors (Lipinski definition) is 1. The zero-order valence-electron chi connectivity index (χ0n) is 9.66. The SMILES string of the molecule is COc1cccc(Sc2cc(C(=O)O)ccn2)c1. The minimum atomic E-state index is -0.954. The minimum absolute atomic E-state index is 0.232. The third-order valence-electron chi connectivity index (χ3n) is 2.25. The summed E-state index contributed by atoms with van der Waals surface area (Å²) < 4.78 is 5.13. The molecule has 0 saturated heterocycles. The van der Waals surface area contributed by atoms with Crippen molar-refractivity contribution in [3.8, 4) is 5.75 Å². The molecule has 4 nitrogen and oxygen atoms in total. The highest BCUT2D eigenvalue weighted by Gasteiger charge is 2.06. The maximum atomic E-state index is 10.8. The van der Waals surface area contributed by atoms with Crippen LogP contribution in [0.3, 0.4) is 0 Å². The van der Waals surface area contributed by atoms with Crippen molar-refractivity contribution in [2.45, 2.75) is 9.92 Å². The van der Waals surface area contributed by atoms with Gasteiger partial charge in [0.05, 0.1) is 12.7 Å². The van der Waals surface area contributed by atoms with Gasteiger partial charge in [-0.1, -0.05) is 17.8 Å². The Kier molecular flexibility index (Phi) is 3.84. The van der Waals surface area contributed by atoms with Crippen LogP contribution in [0, 0.1) is 0 Å². The number of pyridine rings is 1. The van der Waals surface area contributed by atoms with Gasteiger partial charge in [0.1, 0.15) is 10.8 Å². The van der Waals surface area contributed by atoms with Crippen molar-refractivity contribution in [1.29, 1.82) is 0 Å². The van der Waals surface area contributed by atoms with Crippen LogP contribution < -0.4 is 4.74 Å². The zero-order chi connectivity index (χ0) is 13.0. The van der Waals surface area contributed by atoms with Gasteiger partial charge in [0.25, 0.3) is 0 Å². The molecule has 0 amide bonds. The highest BCUT2D eigenvalue weighted by atomic mass is 32.2. The molecule has 1 aromatic carbocycles. The van der Waals surface area contributed by atoms with E-state index in [-0.39, 0.29) is 5.56 Å². The van der Waals surface area contributed by atoms with Crippen LogP contribution in [0.15, 0.2) is 52.5 Å². The number of rotatable bonds is 4. The summed E-state index contributed by atoms with van der Waals surface area (Å²) in [7, 11) is 1.60. The van der Waals surface area contributed by atoms with Crippen LogP contribution in [0.2, 0.25) is 0 Å². The fraction of sp³-hybridized carbons (Fsp3) is 0.0769. The number of methoxy groups -OCH3 is 1. The van der Waals surface area contributed by atoms with E-state index in [1.165, 1.54) is 24.0 Å². The molecule has 0 aliphatic heterocycles. The molecule has 0 atom stereocenters. The number of carboxylic acid groups (broad SMARTS) is 1. The van der Waals surface area contributed by atoms with Crippen molar-refractivity contribution < 1.29 is 14.6 Å². The molecule has 0 aliphatic carbocycles. The van der Waals surface area contributed by atoms with E-state index >= 15 is 0 Å². The van der Waals surface area contributed by atoms with E-state index in [9.17, 15) is 4.79 Å². The van der Waals surface area contributed by atoms with Crippen LogP contribution in [-0.2, 0) is 0 Å². The molecule has 92 valence electrons. The molecule has 0 fully saturated rings. The largest absolute Gasteiger partial charge is 0.497 e. The lowest BCUT2D eigenvalue weighted by Crippen LogP contribution is -1.96. The Labute approximate surface area is 109 Å². The number of aromatic carboxylic acids is 1. The Balaban J connectivity index is 2.22. The summed E-state index contributed by atoms with van der Waals surface area (Å²) in [6.45, 7) is 0. The molecule has 1 N–H and O–H groups in total. The molecule has 0 spiro atoms. The molecule has 0 radical (unpaired) electrons. The van der Waals surface area contributed by atoms with E-state index in [1.807, 2.05) is 24.3 Å². The Morgan fingerprint density at radius 1 is 1.33 bits per heavy atom. The van der Waals surface area contributed by atoms with Crippen molar-refractivity contribution in [1.82, 2.24) is 4.98 Å². The Bertz CT molecular complexity index is 572. The first kappa shape index (κ1) is 12.4. The number of nitrogens with zero attached hydrogens (tertiary/aromatic N) is 1. The summed E-state index contributed by atoms with van der Waals surface area (Å²) in [4.78, 5) is 15.9. The minimum Gasteiger partial charge on any atom is -0.497 e. The average Bonchev–Trinajstić information content (AvgIpc) is 2.39. The second-order valence-electron chi connectivity index (χ2n) is 3.47. The predicted octanol–water partition coefficient (Wildman–Crippen LogP) is 2.94. The van der Waals surface area contributed by atoms with Gasteiger partial charge >= 0.3 is 5.97 Å². The quantitative estimate of drug-likeness (QED) is 0.917. The summed E-state index contributed by atoms with van der Waals surface area (Å²) in [5.74, 6) is -0.195. The van der Waals surface area contributed by atoms with E-state index < -0.39 is 5.97 Å². The van der Waals surface area contributed by atoms with Crippen LogP contribution in [0.1, 0.15) is 10.4 Å². The van der Waals surface area contributed by atoms with Gasteiger partial charge in [-0.15, -0.1) is 0 Å². The Morgan fingerprint density at radius 2 is 2.17 bits per heavy atom. The van der Waals surface area contributed by atoms with Crippen LogP contribution in [0.4, 0.5) is 0 Å². The second-order valence-corrected chi connectivity index (χ2v) is 4.56. The molecular weight excluding hydrogens is 250 g/mol. The lowest BCUT2D eigenvalue weighted by Gasteiger charge is -2.04. The monoisotopic (exact) mass is 261 g/mol. The second kappa shape index (κ2) is 5.55. The van der Waals surface area contributed by atoms with E-state index in [2.05, 4.69) is 4.98 Å². The predicted molar refractivity (Wildman–Crippen MR) is 68.3 cm³/mol. The van der Waals surface area contributed by atoms with Crippen LogP contribution in [0.25, 0.3) is 0 Å². The highest BCUT2D eigenvalue weighted by Crippen LogP contribution is 2.28. The maximum Gasteiger partial charge on any atom is 0.335 e. The maximum absolute atomic E-state index is 10.8. The van der Waals surface area contributed by atoms with E-state index in [1.54, 1.807) is 13.2 Å². The third kappa shape index (κ3) is 3.01. The standard InChI is InChI=1S/C13H11NO3S/c1-17-10-3-2-4-11(8-10)18-12-7-9(13(15)16)5-6-14-12/h2-8H,1H3,(H,15,16). The van der Waals surface area contributed by atoms with Crippen molar-refractivity contribution in [2.75, 3.05) is 7.11 Å². The van der Waals surface area contributed by atoms with Gasteiger partial charge in [0.15, 0.2) is 0 Å². The van der Waals surface area contributed by atoms with Gasteiger partial charge in [0.2, 0.25) is 0 Å². The van der Waals surface area contributed by atoms with Crippen molar-refractivity contribution in [2.24, 2.45) is 0 Å². The number of hydrogen-bond acceptors (Lipinski definition) is 4. The molecular formula is C13H11NO3S. The molecule has 0 bridgehead atoms. The number of benzene rings is 1. The van der Waals surface area contributed by atoms with Crippen molar-refractivity contribution in [3.05, 3.63) is 48.2 Å². The van der Waals surface area contributed by atoms with Gasteiger partial charge in [-0.05, 0) is 30.3 Å². The van der Waals surface area contributed by atoms with E-state index in [0.717, 1.165) is 10.6 Å². The fourth-order valence-corrected chi connectivity index (χ4v) is 2.25. The number of carbonyl (C=O) groups is 1. The molecule has 2 rings (SSSR count). The lowest BCUT2D eigenvalue weighted by molar-refractivity contribution is 0.0696. The van der Waals surface area contributed by atoms with Gasteiger partial charge in [-0.25, -0.2) is 9.78 Å². The number of carboxylic acids is 1. The molecule has 1 aromatic heterocycles. The zero-order valence-corrected chi connectivity index (χ0v) is 10.5. The van der Waals surface area contributed by atoms with Crippen LogP contribution >= 0.6 is 11.8 Å². The summed E-state index contributed by atoms with van der Waals surface area (Å²) >= 11 is 1.39. The highest BCUT2D eigenvalue weighted by molar-refractivity contribution is 7.99.